The molecule has 1 fully saturated rings. The number of hydrogen-bond acceptors (Lipinski definition) is 3. The summed E-state index contributed by atoms with van der Waals surface area (Å²) in [5.74, 6) is 1.09. The van der Waals surface area contributed by atoms with E-state index in [2.05, 4.69) is 64.9 Å². The third kappa shape index (κ3) is 3.15. The molecule has 2 aromatic heterocycles. The number of nitrogens with one attached hydrogen (secondary N) is 2. The Kier molecular flexibility index (Phi) is 4.50. The largest absolute Gasteiger partial charge is 0.366 e. The van der Waals surface area contributed by atoms with Gasteiger partial charge in [0.05, 0.1) is 17.4 Å². The zero-order valence-corrected chi connectivity index (χ0v) is 17.2. The van der Waals surface area contributed by atoms with Crippen LogP contribution in [0.4, 0.5) is 10.5 Å². The van der Waals surface area contributed by atoms with E-state index in [-0.39, 0.29) is 12.1 Å². The first-order chi connectivity index (χ1) is 13.7. The number of urea groups is 1. The van der Waals surface area contributed by atoms with Crippen molar-refractivity contribution in [2.24, 2.45) is 0 Å². The van der Waals surface area contributed by atoms with Gasteiger partial charge in [0.25, 0.3) is 0 Å². The number of anilines is 1. The number of hydrogen-bond donors (Lipinski definition) is 2. The Labute approximate surface area is 171 Å². The van der Waals surface area contributed by atoms with Crippen molar-refractivity contribution in [2.75, 3.05) is 31.1 Å². The molecule has 3 aromatic rings. The Morgan fingerprint density at radius 2 is 2.07 bits per heavy atom. The van der Waals surface area contributed by atoms with Crippen molar-refractivity contribution in [1.29, 1.82) is 0 Å². The molecule has 2 N–H and O–H groups in total. The van der Waals surface area contributed by atoms with E-state index < -0.39 is 0 Å². The fourth-order valence-corrected chi connectivity index (χ4v) is 4.72. The molecule has 28 heavy (non-hydrogen) atoms. The number of amides is 2. The molecule has 146 valence electrons. The number of aryl methyl sites for hydroxylation is 1. The van der Waals surface area contributed by atoms with Crippen LogP contribution in [-0.4, -0.2) is 57.7 Å². The Balaban J connectivity index is 1.20. The van der Waals surface area contributed by atoms with Gasteiger partial charge in [0.15, 0.2) is 0 Å². The number of carbonyl (C=O) groups excluding carboxylic acids is 1. The number of carbonyl (C=O) groups is 1. The van der Waals surface area contributed by atoms with Crippen LogP contribution >= 0.6 is 15.9 Å². The van der Waals surface area contributed by atoms with Gasteiger partial charge in [0.1, 0.15) is 10.4 Å². The van der Waals surface area contributed by atoms with Crippen LogP contribution in [-0.2, 0) is 13.0 Å². The second-order valence-corrected chi connectivity index (χ2v) is 8.30. The first-order valence-corrected chi connectivity index (χ1v) is 10.5. The standard InChI is InChI=1S/C20H23BrN6O/c21-17-12-23-18-5-4-15(13-27(17)18)24-20(28)26-10-8-25(9-11-26)16-3-1-2-14-6-7-22-19(14)16/h1-3,6-7,12,15,22H,4-5,8-11,13H2,(H,24,28). The average molecular weight is 443 g/mol. The normalized spacial score (nSPS) is 19.7. The van der Waals surface area contributed by atoms with Crippen LogP contribution < -0.4 is 10.2 Å². The van der Waals surface area contributed by atoms with E-state index in [1.807, 2.05) is 17.3 Å². The van der Waals surface area contributed by atoms with Crippen LogP contribution in [0.3, 0.4) is 0 Å². The van der Waals surface area contributed by atoms with Crippen molar-refractivity contribution in [2.45, 2.75) is 25.4 Å². The van der Waals surface area contributed by atoms with E-state index in [0.29, 0.717) is 0 Å². The third-order valence-corrected chi connectivity index (χ3v) is 6.44. The topological polar surface area (TPSA) is 69.2 Å². The summed E-state index contributed by atoms with van der Waals surface area (Å²) in [5, 5.41) is 4.44. The molecule has 1 aromatic carbocycles. The van der Waals surface area contributed by atoms with Crippen molar-refractivity contribution in [3.63, 3.8) is 0 Å². The lowest BCUT2D eigenvalue weighted by Gasteiger charge is -2.37. The predicted octanol–water partition coefficient (Wildman–Crippen LogP) is 2.97. The number of para-hydroxylation sites is 1. The monoisotopic (exact) mass is 442 g/mol. The Morgan fingerprint density at radius 1 is 1.21 bits per heavy atom. The number of rotatable bonds is 2. The van der Waals surface area contributed by atoms with Gasteiger partial charge in [-0.15, -0.1) is 0 Å². The van der Waals surface area contributed by atoms with Gasteiger partial charge in [-0.3, -0.25) is 0 Å². The molecule has 1 atom stereocenters. The number of halogens is 1. The first-order valence-electron chi connectivity index (χ1n) is 9.75. The van der Waals surface area contributed by atoms with Gasteiger partial charge < -0.3 is 24.7 Å². The number of fused-ring (bicyclic) bond motifs is 2. The highest BCUT2D eigenvalue weighted by atomic mass is 79.9. The van der Waals surface area contributed by atoms with Crippen LogP contribution in [0.2, 0.25) is 0 Å². The molecule has 0 aliphatic carbocycles. The van der Waals surface area contributed by atoms with Gasteiger partial charge in [0, 0.05) is 56.8 Å². The van der Waals surface area contributed by atoms with Crippen LogP contribution in [0.1, 0.15) is 12.2 Å². The molecule has 2 amide bonds. The van der Waals surface area contributed by atoms with Gasteiger partial charge in [-0.1, -0.05) is 12.1 Å². The summed E-state index contributed by atoms with van der Waals surface area (Å²) in [6, 6.07) is 8.65. The van der Waals surface area contributed by atoms with Crippen LogP contribution in [0.5, 0.6) is 0 Å². The molecule has 0 radical (unpaired) electrons. The molecule has 4 heterocycles. The zero-order chi connectivity index (χ0) is 19.1. The van der Waals surface area contributed by atoms with E-state index in [1.165, 1.54) is 16.6 Å². The quantitative estimate of drug-likeness (QED) is 0.640. The molecule has 2 aliphatic rings. The smallest absolute Gasteiger partial charge is 0.317 e. The number of benzene rings is 1. The van der Waals surface area contributed by atoms with E-state index in [0.717, 1.165) is 56.0 Å². The number of aromatic nitrogens is 3. The second-order valence-electron chi connectivity index (χ2n) is 7.49. The van der Waals surface area contributed by atoms with Crippen molar-refractivity contribution < 1.29 is 4.79 Å². The summed E-state index contributed by atoms with van der Waals surface area (Å²) in [6.07, 6.45) is 5.64. The highest BCUT2D eigenvalue weighted by Crippen LogP contribution is 2.26. The predicted molar refractivity (Wildman–Crippen MR) is 113 cm³/mol. The molecule has 0 spiro atoms. The highest BCUT2D eigenvalue weighted by molar-refractivity contribution is 9.10. The third-order valence-electron chi connectivity index (χ3n) is 5.81. The molecule has 1 saturated heterocycles. The summed E-state index contributed by atoms with van der Waals surface area (Å²) < 4.78 is 3.12. The lowest BCUT2D eigenvalue weighted by atomic mass is 10.1. The molecule has 2 aliphatic heterocycles. The maximum absolute atomic E-state index is 12.8. The van der Waals surface area contributed by atoms with E-state index >= 15 is 0 Å². The molecular formula is C20H23BrN6O. The minimum absolute atomic E-state index is 0.0439. The first kappa shape index (κ1) is 17.6. The number of imidazole rings is 1. The zero-order valence-electron chi connectivity index (χ0n) is 15.6. The molecule has 0 saturated carbocycles. The van der Waals surface area contributed by atoms with Gasteiger partial charge in [-0.2, -0.15) is 0 Å². The maximum Gasteiger partial charge on any atom is 0.317 e. The van der Waals surface area contributed by atoms with Crippen LogP contribution in [0.15, 0.2) is 41.3 Å². The van der Waals surface area contributed by atoms with Crippen molar-refractivity contribution in [1.82, 2.24) is 24.8 Å². The van der Waals surface area contributed by atoms with Gasteiger partial charge >= 0.3 is 6.03 Å². The second kappa shape index (κ2) is 7.16. The minimum atomic E-state index is 0.0439. The summed E-state index contributed by atoms with van der Waals surface area (Å²) in [5.41, 5.74) is 2.39. The number of H-pyrrole nitrogens is 1. The van der Waals surface area contributed by atoms with Crippen molar-refractivity contribution in [3.8, 4) is 0 Å². The minimum Gasteiger partial charge on any atom is -0.366 e. The summed E-state index contributed by atoms with van der Waals surface area (Å²) >= 11 is 3.53. The van der Waals surface area contributed by atoms with E-state index in [9.17, 15) is 4.79 Å². The average Bonchev–Trinajstić information content (AvgIpc) is 3.35. The Morgan fingerprint density at radius 3 is 2.93 bits per heavy atom. The summed E-state index contributed by atoms with van der Waals surface area (Å²) in [6.45, 7) is 3.92. The Bertz CT molecular complexity index is 1000. The maximum atomic E-state index is 12.8. The van der Waals surface area contributed by atoms with Crippen molar-refractivity contribution >= 4 is 38.6 Å². The Hall–Kier alpha value is -2.48. The number of piperazine rings is 1. The lowest BCUT2D eigenvalue weighted by Crippen LogP contribution is -2.54. The fourth-order valence-electron chi connectivity index (χ4n) is 4.26. The van der Waals surface area contributed by atoms with Crippen LogP contribution in [0.25, 0.3) is 10.9 Å². The summed E-state index contributed by atoms with van der Waals surface area (Å²) in [4.78, 5) is 24.8. The van der Waals surface area contributed by atoms with E-state index in [4.69, 9.17) is 0 Å². The van der Waals surface area contributed by atoms with Crippen molar-refractivity contribution in [3.05, 3.63) is 47.1 Å². The van der Waals surface area contributed by atoms with Gasteiger partial charge in [-0.25, -0.2) is 9.78 Å². The van der Waals surface area contributed by atoms with Gasteiger partial charge in [-0.05, 0) is 34.5 Å². The molecular weight excluding hydrogens is 420 g/mol. The molecule has 0 bridgehead atoms. The highest BCUT2D eigenvalue weighted by Gasteiger charge is 2.26. The SMILES string of the molecule is O=C(NC1CCc2ncc(Br)n2C1)N1CCN(c2cccc3cc[nH]c23)CC1. The number of aromatic amines is 1. The molecule has 5 rings (SSSR count). The van der Waals surface area contributed by atoms with E-state index in [1.54, 1.807) is 0 Å². The lowest BCUT2D eigenvalue weighted by molar-refractivity contribution is 0.186. The molecule has 1 unspecified atom stereocenters. The molecule has 7 nitrogen and oxygen atoms in total. The number of nitrogens with zero attached hydrogens (tertiary/aromatic N) is 4. The van der Waals surface area contributed by atoms with Crippen LogP contribution in [0, 0.1) is 0 Å². The fraction of sp³-hybridized carbons (Fsp3) is 0.400. The summed E-state index contributed by atoms with van der Waals surface area (Å²) in [7, 11) is 0. The van der Waals surface area contributed by atoms with Gasteiger partial charge in [0.2, 0.25) is 0 Å². The molecule has 8 heteroatoms.